The van der Waals surface area contributed by atoms with Gasteiger partial charge in [0.05, 0.1) is 0 Å². The molecule has 0 radical (unpaired) electrons. The highest BCUT2D eigenvalue weighted by atomic mass is 19.3. The lowest BCUT2D eigenvalue weighted by atomic mass is 9.94. The number of nitrogens with one attached hydrogen (secondary N) is 1. The van der Waals surface area contributed by atoms with Crippen LogP contribution in [0.1, 0.15) is 39.1 Å². The third-order valence-corrected chi connectivity index (χ3v) is 6.01. The number of rotatable bonds is 2. The zero-order chi connectivity index (χ0) is 20.9. The Kier molecular flexibility index (Phi) is 4.31. The van der Waals surface area contributed by atoms with Gasteiger partial charge < -0.3 is 10.2 Å². The molecule has 0 atom stereocenters. The number of nitrogens with zero attached hydrogens (tertiary/aromatic N) is 1. The van der Waals surface area contributed by atoms with Gasteiger partial charge in [0.1, 0.15) is 0 Å². The lowest BCUT2D eigenvalue weighted by Gasteiger charge is -2.31. The van der Waals surface area contributed by atoms with E-state index in [1.165, 1.54) is 4.90 Å². The van der Waals surface area contributed by atoms with Crippen LogP contribution in [0.25, 0.3) is 21.9 Å². The third kappa shape index (κ3) is 3.22. The Morgan fingerprint density at radius 3 is 2.57 bits per heavy atom. The smallest absolute Gasteiger partial charge is 0.253 e. The van der Waals surface area contributed by atoms with Crippen LogP contribution in [-0.2, 0) is 6.54 Å². The van der Waals surface area contributed by atoms with E-state index in [-0.39, 0.29) is 37.7 Å². The van der Waals surface area contributed by atoms with E-state index < -0.39 is 5.92 Å². The van der Waals surface area contributed by atoms with Crippen molar-refractivity contribution in [3.05, 3.63) is 71.3 Å². The van der Waals surface area contributed by atoms with E-state index in [1.54, 1.807) is 6.07 Å². The summed E-state index contributed by atoms with van der Waals surface area (Å²) in [6, 6.07) is 17.2. The summed E-state index contributed by atoms with van der Waals surface area (Å²) >= 11 is 0. The molecule has 1 N–H and O–H groups in total. The van der Waals surface area contributed by atoms with Crippen LogP contribution >= 0.6 is 0 Å². The van der Waals surface area contributed by atoms with Crippen molar-refractivity contribution in [3.8, 4) is 11.1 Å². The summed E-state index contributed by atoms with van der Waals surface area (Å²) in [6.07, 6.45) is -0.571. The van der Waals surface area contributed by atoms with Gasteiger partial charge in [-0.1, -0.05) is 30.3 Å². The van der Waals surface area contributed by atoms with Gasteiger partial charge in [0.25, 0.3) is 17.7 Å². The maximum atomic E-state index is 13.4. The van der Waals surface area contributed by atoms with Crippen LogP contribution in [0.15, 0.2) is 54.6 Å². The minimum Gasteiger partial charge on any atom is -0.348 e. The second-order valence-corrected chi connectivity index (χ2v) is 7.94. The Bertz CT molecular complexity index is 1180. The van der Waals surface area contributed by atoms with Crippen molar-refractivity contribution in [2.45, 2.75) is 25.3 Å². The molecular formula is C24H20F2N2O2. The number of alkyl halides is 2. The standard InChI is InChI=1S/C24H20F2N2O2/c25-24(26)8-10-28(11-9-24)23(30)17-5-6-20-15(12-17)2-1-3-19(20)16-4-7-21-18(13-16)14-27-22(21)29/h1-7,12-13H,8-11,14H2,(H,27,29). The Morgan fingerprint density at radius 2 is 1.77 bits per heavy atom. The quantitative estimate of drug-likeness (QED) is 0.675. The normalized spacial score (nSPS) is 17.7. The van der Waals surface area contributed by atoms with Crippen molar-refractivity contribution in [1.29, 1.82) is 0 Å². The van der Waals surface area contributed by atoms with Gasteiger partial charge in [-0.05, 0) is 51.7 Å². The molecule has 152 valence electrons. The van der Waals surface area contributed by atoms with E-state index in [2.05, 4.69) is 5.32 Å². The fourth-order valence-corrected chi connectivity index (χ4v) is 4.29. The molecule has 0 spiro atoms. The predicted molar refractivity (Wildman–Crippen MR) is 111 cm³/mol. The minimum atomic E-state index is -2.68. The Labute approximate surface area is 172 Å². The van der Waals surface area contributed by atoms with E-state index >= 15 is 0 Å². The highest BCUT2D eigenvalue weighted by Crippen LogP contribution is 2.33. The first-order valence-corrected chi connectivity index (χ1v) is 10.0. The lowest BCUT2D eigenvalue weighted by molar-refractivity contribution is -0.0494. The first-order valence-electron chi connectivity index (χ1n) is 10.0. The van der Waals surface area contributed by atoms with Crippen LogP contribution in [0.2, 0.25) is 0 Å². The summed E-state index contributed by atoms with van der Waals surface area (Å²) in [4.78, 5) is 26.1. The van der Waals surface area contributed by atoms with Crippen LogP contribution in [0.4, 0.5) is 8.78 Å². The van der Waals surface area contributed by atoms with E-state index in [1.807, 2.05) is 48.5 Å². The molecule has 3 aromatic carbocycles. The van der Waals surface area contributed by atoms with Crippen LogP contribution in [-0.4, -0.2) is 35.7 Å². The van der Waals surface area contributed by atoms with Gasteiger partial charge in [0.2, 0.25) is 0 Å². The lowest BCUT2D eigenvalue weighted by Crippen LogP contribution is -2.42. The summed E-state index contributed by atoms with van der Waals surface area (Å²) in [5.41, 5.74) is 4.22. The zero-order valence-corrected chi connectivity index (χ0v) is 16.3. The van der Waals surface area contributed by atoms with Crippen molar-refractivity contribution in [3.63, 3.8) is 0 Å². The largest absolute Gasteiger partial charge is 0.348 e. The molecule has 0 aliphatic carbocycles. The second kappa shape index (κ2) is 6.90. The second-order valence-electron chi connectivity index (χ2n) is 7.94. The SMILES string of the molecule is O=C1NCc2cc(-c3cccc4cc(C(=O)N5CCC(F)(F)CC5)ccc34)ccc21. The zero-order valence-electron chi connectivity index (χ0n) is 16.3. The third-order valence-electron chi connectivity index (χ3n) is 6.01. The molecule has 3 aromatic rings. The van der Waals surface area contributed by atoms with E-state index in [0.29, 0.717) is 17.7 Å². The first-order chi connectivity index (χ1) is 14.4. The molecule has 30 heavy (non-hydrogen) atoms. The van der Waals surface area contributed by atoms with Gasteiger partial charge >= 0.3 is 0 Å². The van der Waals surface area contributed by atoms with Gasteiger partial charge in [-0.3, -0.25) is 9.59 Å². The number of halogens is 2. The fraction of sp³-hybridized carbons (Fsp3) is 0.250. The van der Waals surface area contributed by atoms with Crippen LogP contribution in [0, 0.1) is 0 Å². The molecule has 0 unspecified atom stereocenters. The van der Waals surface area contributed by atoms with Crippen LogP contribution < -0.4 is 5.32 Å². The number of hydrogen-bond acceptors (Lipinski definition) is 2. The number of carbonyl (C=O) groups is 2. The Balaban J connectivity index is 1.47. The molecule has 1 saturated heterocycles. The van der Waals surface area contributed by atoms with Gasteiger partial charge in [-0.2, -0.15) is 0 Å². The molecule has 2 amide bonds. The van der Waals surface area contributed by atoms with Crippen molar-refractivity contribution in [2.24, 2.45) is 0 Å². The van der Waals surface area contributed by atoms with Gasteiger partial charge in [0.15, 0.2) is 0 Å². The summed E-state index contributed by atoms with van der Waals surface area (Å²) in [6.45, 7) is 0.678. The van der Waals surface area contributed by atoms with E-state index in [9.17, 15) is 18.4 Å². The highest BCUT2D eigenvalue weighted by molar-refractivity contribution is 6.04. The van der Waals surface area contributed by atoms with Crippen LogP contribution in [0.5, 0.6) is 0 Å². The average Bonchev–Trinajstić information content (AvgIpc) is 3.12. The fourth-order valence-electron chi connectivity index (χ4n) is 4.29. The van der Waals surface area contributed by atoms with E-state index in [4.69, 9.17) is 0 Å². The molecule has 0 bridgehead atoms. The Morgan fingerprint density at radius 1 is 0.967 bits per heavy atom. The summed E-state index contributed by atoms with van der Waals surface area (Å²) < 4.78 is 26.8. The molecule has 0 saturated carbocycles. The molecule has 6 heteroatoms. The number of benzene rings is 3. The monoisotopic (exact) mass is 406 g/mol. The molecule has 2 aliphatic rings. The number of carbonyl (C=O) groups excluding carboxylic acids is 2. The van der Waals surface area contributed by atoms with Crippen molar-refractivity contribution >= 4 is 22.6 Å². The van der Waals surface area contributed by atoms with Gasteiger partial charge in [-0.25, -0.2) is 8.78 Å². The van der Waals surface area contributed by atoms with Crippen molar-refractivity contribution < 1.29 is 18.4 Å². The number of piperidine rings is 1. The molecule has 2 aliphatic heterocycles. The number of amides is 2. The molecule has 2 heterocycles. The maximum absolute atomic E-state index is 13.4. The van der Waals surface area contributed by atoms with Gasteiger partial charge in [0, 0.05) is 43.6 Å². The summed E-state index contributed by atoms with van der Waals surface area (Å²) in [7, 11) is 0. The number of hydrogen-bond donors (Lipinski definition) is 1. The van der Waals surface area contributed by atoms with Crippen LogP contribution in [0.3, 0.4) is 0 Å². The number of likely N-dealkylation sites (tertiary alicyclic amines) is 1. The number of fused-ring (bicyclic) bond motifs is 2. The topological polar surface area (TPSA) is 49.4 Å². The maximum Gasteiger partial charge on any atom is 0.253 e. The average molecular weight is 406 g/mol. The first kappa shape index (κ1) is 18.7. The highest BCUT2D eigenvalue weighted by Gasteiger charge is 2.35. The summed E-state index contributed by atoms with van der Waals surface area (Å²) in [5, 5.41) is 4.74. The van der Waals surface area contributed by atoms with Gasteiger partial charge in [-0.15, -0.1) is 0 Å². The molecular weight excluding hydrogens is 386 g/mol. The predicted octanol–water partition coefficient (Wildman–Crippen LogP) is 4.62. The van der Waals surface area contributed by atoms with Crippen molar-refractivity contribution in [2.75, 3.05) is 13.1 Å². The minimum absolute atomic E-state index is 0.0481. The molecule has 0 aromatic heterocycles. The molecule has 1 fully saturated rings. The molecule has 4 nitrogen and oxygen atoms in total. The molecule has 5 rings (SSSR count). The van der Waals surface area contributed by atoms with Crippen molar-refractivity contribution in [1.82, 2.24) is 10.2 Å². The summed E-state index contributed by atoms with van der Waals surface area (Å²) in [5.74, 6) is -2.93. The Hall–Kier alpha value is -3.28. The van der Waals surface area contributed by atoms with E-state index in [0.717, 1.165) is 27.5 Å².